The number of carbonyl (C=O) groups excluding carboxylic acids is 3. The Morgan fingerprint density at radius 3 is 2.68 bits per heavy atom. The monoisotopic (exact) mass is 590 g/mol. The number of alkyl halides is 3. The molecular formula is C25H22ClF3N8O4. The standard InChI is InChI=1S/C25H22ClF3N8O4/c1-12-7-15(34-41-12)10-36-23(39)19-21(35(3)24(36)40)31-11-37(19)13(2)22(38)33-18-6-4-5-17(32-18)14-8-16(25(27,28)29)20(26)30-9-14/h4-9,11,13,19,21H,10H2,1-3H3,(H,32,33,38)/t13-,19?,21?/m0/s1. The minimum absolute atomic E-state index is 0.0447. The smallest absolute Gasteiger partial charge is 0.361 e. The van der Waals surface area contributed by atoms with Crippen LogP contribution >= 0.6 is 11.6 Å². The van der Waals surface area contributed by atoms with Crippen molar-refractivity contribution in [3.05, 3.63) is 58.7 Å². The second-order valence-electron chi connectivity index (χ2n) is 9.45. The van der Waals surface area contributed by atoms with E-state index < -0.39 is 53.0 Å². The first-order chi connectivity index (χ1) is 19.3. The zero-order valence-corrected chi connectivity index (χ0v) is 22.5. The van der Waals surface area contributed by atoms with Crippen molar-refractivity contribution < 1.29 is 32.1 Å². The number of urea groups is 1. The number of hydrogen-bond donors (Lipinski definition) is 1. The Labute approximate surface area is 235 Å². The van der Waals surface area contributed by atoms with E-state index in [1.165, 1.54) is 41.4 Å². The number of fused-ring (bicyclic) bond motifs is 1. The summed E-state index contributed by atoms with van der Waals surface area (Å²) in [5.74, 6) is -0.560. The van der Waals surface area contributed by atoms with Crippen LogP contribution in [0.2, 0.25) is 5.15 Å². The van der Waals surface area contributed by atoms with Crippen LogP contribution in [0.15, 0.2) is 46.0 Å². The van der Waals surface area contributed by atoms with E-state index in [0.717, 1.165) is 17.2 Å². The fraction of sp³-hybridized carbons (Fsp3) is 0.320. The SMILES string of the molecule is Cc1cc(CN2C(=O)C3C(N=CN3[C@@H](C)C(=O)Nc3cccc(-c4cnc(Cl)c(C(F)(F)F)c4)n3)N(C)C2=O)no1. The molecule has 0 aliphatic carbocycles. The Bertz CT molecular complexity index is 1560. The van der Waals surface area contributed by atoms with E-state index in [4.69, 9.17) is 16.1 Å². The highest BCUT2D eigenvalue weighted by Gasteiger charge is 2.51. The fourth-order valence-electron chi connectivity index (χ4n) is 4.54. The summed E-state index contributed by atoms with van der Waals surface area (Å²) in [6.45, 7) is 3.10. The molecular weight excluding hydrogens is 569 g/mol. The topological polar surface area (TPSA) is 137 Å². The number of hydrogen-bond acceptors (Lipinski definition) is 9. The van der Waals surface area contributed by atoms with Crippen molar-refractivity contribution >= 4 is 41.6 Å². The number of anilines is 1. The second-order valence-corrected chi connectivity index (χ2v) is 9.81. The molecule has 0 saturated carbocycles. The molecule has 4 amide bonds. The number of likely N-dealkylation sites (N-methyl/N-ethyl adjacent to an activating group) is 1. The van der Waals surface area contributed by atoms with Crippen molar-refractivity contribution in [1.82, 2.24) is 29.8 Å². The van der Waals surface area contributed by atoms with Crippen LogP contribution < -0.4 is 5.32 Å². The summed E-state index contributed by atoms with van der Waals surface area (Å²) in [4.78, 5) is 55.5. The van der Waals surface area contributed by atoms with Gasteiger partial charge in [-0.05, 0) is 32.0 Å². The Balaban J connectivity index is 1.33. The molecule has 214 valence electrons. The molecule has 0 bridgehead atoms. The van der Waals surface area contributed by atoms with Crippen molar-refractivity contribution in [2.24, 2.45) is 4.99 Å². The third kappa shape index (κ3) is 5.31. The summed E-state index contributed by atoms with van der Waals surface area (Å²) in [6.07, 6.45) is -3.07. The third-order valence-electron chi connectivity index (χ3n) is 6.67. The molecule has 2 aliphatic rings. The first kappa shape index (κ1) is 28.0. The first-order valence-electron chi connectivity index (χ1n) is 12.2. The highest BCUT2D eigenvalue weighted by Crippen LogP contribution is 2.36. The zero-order valence-electron chi connectivity index (χ0n) is 21.8. The van der Waals surface area contributed by atoms with Gasteiger partial charge in [-0.15, -0.1) is 0 Å². The fourth-order valence-corrected chi connectivity index (χ4v) is 4.75. The maximum Gasteiger partial charge on any atom is 0.419 e. The number of carbonyl (C=O) groups is 3. The van der Waals surface area contributed by atoms with Crippen LogP contribution in [-0.2, 0) is 22.3 Å². The molecule has 1 saturated heterocycles. The van der Waals surface area contributed by atoms with Crippen molar-refractivity contribution in [3.63, 3.8) is 0 Å². The lowest BCUT2D eigenvalue weighted by atomic mass is 10.1. The molecule has 0 radical (unpaired) electrons. The van der Waals surface area contributed by atoms with Crippen molar-refractivity contribution in [3.8, 4) is 11.3 Å². The number of aryl methyl sites for hydroxylation is 1. The molecule has 0 aromatic carbocycles. The van der Waals surface area contributed by atoms with Crippen LogP contribution in [0.25, 0.3) is 11.3 Å². The maximum absolute atomic E-state index is 13.5. The third-order valence-corrected chi connectivity index (χ3v) is 6.97. The van der Waals surface area contributed by atoms with E-state index >= 15 is 0 Å². The number of nitrogens with zero attached hydrogens (tertiary/aromatic N) is 7. The van der Waals surface area contributed by atoms with E-state index in [-0.39, 0.29) is 23.6 Å². The van der Waals surface area contributed by atoms with Gasteiger partial charge in [-0.1, -0.05) is 22.8 Å². The molecule has 12 nitrogen and oxygen atoms in total. The molecule has 2 aliphatic heterocycles. The Hall–Kier alpha value is -4.53. The van der Waals surface area contributed by atoms with E-state index in [2.05, 4.69) is 25.4 Å². The highest BCUT2D eigenvalue weighted by atomic mass is 35.5. The molecule has 3 aromatic rings. The lowest BCUT2D eigenvalue weighted by Crippen LogP contribution is -2.66. The molecule has 2 unspecified atom stereocenters. The normalized spacial score (nSPS) is 19.5. The van der Waals surface area contributed by atoms with Gasteiger partial charge < -0.3 is 19.6 Å². The minimum atomic E-state index is -4.71. The van der Waals surface area contributed by atoms with Gasteiger partial charge in [0.25, 0.3) is 5.91 Å². The number of pyridine rings is 2. The number of rotatable bonds is 6. The van der Waals surface area contributed by atoms with Gasteiger partial charge >= 0.3 is 12.2 Å². The van der Waals surface area contributed by atoms with Crippen molar-refractivity contribution in [1.29, 1.82) is 0 Å². The summed E-state index contributed by atoms with van der Waals surface area (Å²) >= 11 is 5.61. The number of aromatic nitrogens is 3. The predicted molar refractivity (Wildman–Crippen MR) is 138 cm³/mol. The quantitative estimate of drug-likeness (QED) is 0.430. The van der Waals surface area contributed by atoms with Crippen molar-refractivity contribution in [2.75, 3.05) is 12.4 Å². The van der Waals surface area contributed by atoms with E-state index in [1.54, 1.807) is 19.9 Å². The first-order valence-corrected chi connectivity index (χ1v) is 12.5. The zero-order chi connectivity index (χ0) is 29.6. The van der Waals surface area contributed by atoms with Gasteiger partial charge in [-0.3, -0.25) is 14.5 Å². The molecule has 1 fully saturated rings. The van der Waals surface area contributed by atoms with Crippen LogP contribution in [0, 0.1) is 6.92 Å². The van der Waals surface area contributed by atoms with E-state index in [9.17, 15) is 27.6 Å². The van der Waals surface area contributed by atoms with Crippen LogP contribution in [0.1, 0.15) is 23.9 Å². The van der Waals surface area contributed by atoms with E-state index in [0.29, 0.717) is 11.5 Å². The predicted octanol–water partition coefficient (Wildman–Crippen LogP) is 3.57. The lowest BCUT2D eigenvalue weighted by Gasteiger charge is -2.42. The number of aliphatic imine (C=N–C) groups is 1. The van der Waals surface area contributed by atoms with Crippen LogP contribution in [-0.4, -0.2) is 79.3 Å². The van der Waals surface area contributed by atoms with Gasteiger partial charge in [0.15, 0.2) is 12.2 Å². The van der Waals surface area contributed by atoms with Crippen LogP contribution in [0.5, 0.6) is 0 Å². The molecule has 41 heavy (non-hydrogen) atoms. The summed E-state index contributed by atoms with van der Waals surface area (Å²) < 4.78 is 44.9. The summed E-state index contributed by atoms with van der Waals surface area (Å²) in [5, 5.41) is 5.78. The summed E-state index contributed by atoms with van der Waals surface area (Å²) in [6, 6.07) is 4.36. The van der Waals surface area contributed by atoms with Gasteiger partial charge in [0, 0.05) is 24.9 Å². The minimum Gasteiger partial charge on any atom is -0.361 e. The molecule has 1 N–H and O–H groups in total. The van der Waals surface area contributed by atoms with Crippen molar-refractivity contribution in [2.45, 2.75) is 44.8 Å². The summed E-state index contributed by atoms with van der Waals surface area (Å²) in [7, 11) is 1.50. The van der Waals surface area contributed by atoms with Gasteiger partial charge in [0.2, 0.25) is 5.91 Å². The lowest BCUT2D eigenvalue weighted by molar-refractivity contribution is -0.139. The average Bonchev–Trinajstić information content (AvgIpc) is 3.55. The Morgan fingerprint density at radius 2 is 2.00 bits per heavy atom. The molecule has 16 heteroatoms. The average molecular weight is 591 g/mol. The Morgan fingerprint density at radius 1 is 1.24 bits per heavy atom. The highest BCUT2D eigenvalue weighted by molar-refractivity contribution is 6.30. The van der Waals surface area contributed by atoms with Gasteiger partial charge in [-0.2, -0.15) is 13.2 Å². The number of nitrogens with one attached hydrogen (secondary N) is 1. The number of amides is 4. The van der Waals surface area contributed by atoms with Gasteiger partial charge in [0.05, 0.1) is 24.1 Å². The van der Waals surface area contributed by atoms with Crippen LogP contribution in [0.4, 0.5) is 23.8 Å². The largest absolute Gasteiger partial charge is 0.419 e. The molecule has 3 atom stereocenters. The second kappa shape index (κ2) is 10.5. The maximum atomic E-state index is 13.5. The molecule has 0 spiro atoms. The van der Waals surface area contributed by atoms with Gasteiger partial charge in [-0.25, -0.2) is 19.8 Å². The molecule has 3 aromatic heterocycles. The number of halogens is 4. The van der Waals surface area contributed by atoms with Crippen LogP contribution in [0.3, 0.4) is 0 Å². The van der Waals surface area contributed by atoms with Gasteiger partial charge in [0.1, 0.15) is 28.5 Å². The Kier molecular flexibility index (Phi) is 7.15. The summed E-state index contributed by atoms with van der Waals surface area (Å²) in [5.41, 5.74) is -0.563. The molecule has 5 rings (SSSR count). The molecule has 5 heterocycles. The van der Waals surface area contributed by atoms with E-state index in [1.807, 2.05) is 0 Å². The number of imide groups is 1.